The minimum Gasteiger partial charge on any atom is -0.462 e. The van der Waals surface area contributed by atoms with Gasteiger partial charge in [-0.05, 0) is 0 Å². The van der Waals surface area contributed by atoms with Crippen molar-refractivity contribution in [1.82, 2.24) is 0 Å². The van der Waals surface area contributed by atoms with E-state index in [1.165, 1.54) is 35.2 Å². The van der Waals surface area contributed by atoms with E-state index in [9.17, 15) is 14.4 Å². The third-order valence-electron chi connectivity index (χ3n) is 2.68. The van der Waals surface area contributed by atoms with E-state index in [-0.39, 0.29) is 18.6 Å². The Hall–Kier alpha value is -1.77. The number of carbonyl (C=O) groups excluding carboxylic acids is 3. The number of carbonyl (C=O) groups is 3. The second-order valence-corrected chi connectivity index (χ2v) is 4.34. The van der Waals surface area contributed by atoms with Crippen molar-refractivity contribution in [3.63, 3.8) is 0 Å². The number of rotatable bonds is 10. The zero-order valence-corrected chi connectivity index (χ0v) is 13.5. The molecule has 1 atom stereocenters. The summed E-state index contributed by atoms with van der Waals surface area (Å²) >= 11 is 0. The Labute approximate surface area is 129 Å². The van der Waals surface area contributed by atoms with Crippen LogP contribution in [0.2, 0.25) is 0 Å². The van der Waals surface area contributed by atoms with Crippen LogP contribution in [0.4, 0.5) is 0 Å². The molecule has 8 nitrogen and oxygen atoms in total. The van der Waals surface area contributed by atoms with Crippen LogP contribution in [0.15, 0.2) is 12.2 Å². The molecule has 0 bridgehead atoms. The van der Waals surface area contributed by atoms with Crippen molar-refractivity contribution in [1.29, 1.82) is 0 Å². The molecule has 22 heavy (non-hydrogen) atoms. The van der Waals surface area contributed by atoms with Crippen LogP contribution in [0.5, 0.6) is 0 Å². The van der Waals surface area contributed by atoms with Crippen molar-refractivity contribution in [2.45, 2.75) is 32.3 Å². The highest BCUT2D eigenvalue weighted by Crippen LogP contribution is 2.21. The van der Waals surface area contributed by atoms with Crippen LogP contribution >= 0.6 is 0 Å². The summed E-state index contributed by atoms with van der Waals surface area (Å²) in [5.41, 5.74) is 0.0314. The van der Waals surface area contributed by atoms with Crippen LogP contribution in [0.1, 0.15) is 20.3 Å². The molecule has 0 aliphatic carbocycles. The summed E-state index contributed by atoms with van der Waals surface area (Å²) in [5.74, 6) is -3.69. The van der Waals surface area contributed by atoms with Crippen LogP contribution < -0.4 is 0 Å². The van der Waals surface area contributed by atoms with E-state index < -0.39 is 29.8 Å². The fourth-order valence-corrected chi connectivity index (χ4v) is 1.69. The number of esters is 2. The quantitative estimate of drug-likeness (QED) is 0.328. The third-order valence-corrected chi connectivity index (χ3v) is 2.68. The largest absolute Gasteiger partial charge is 0.462 e. The Morgan fingerprint density at radius 2 is 1.50 bits per heavy atom. The average Bonchev–Trinajstić information content (AvgIpc) is 2.46. The molecule has 126 valence electrons. The van der Waals surface area contributed by atoms with Crippen molar-refractivity contribution in [2.24, 2.45) is 0 Å². The molecule has 0 unspecified atom stereocenters. The minimum atomic E-state index is -1.92. The Morgan fingerprint density at radius 3 is 1.86 bits per heavy atom. The molecule has 0 N–H and O–H groups in total. The van der Waals surface area contributed by atoms with Crippen LogP contribution in [-0.2, 0) is 38.1 Å². The zero-order valence-electron chi connectivity index (χ0n) is 13.5. The van der Waals surface area contributed by atoms with Crippen molar-refractivity contribution in [3.05, 3.63) is 12.2 Å². The molecule has 0 rings (SSSR count). The van der Waals surface area contributed by atoms with Crippen molar-refractivity contribution in [3.8, 4) is 0 Å². The molecule has 0 amide bonds. The number of ether oxygens (including phenoxy) is 5. The maximum atomic E-state index is 12.3. The van der Waals surface area contributed by atoms with Gasteiger partial charge in [0.2, 0.25) is 5.78 Å². The van der Waals surface area contributed by atoms with Crippen LogP contribution in [0, 0.1) is 0 Å². The van der Waals surface area contributed by atoms with E-state index in [1.54, 1.807) is 0 Å². The smallest absolute Gasteiger partial charge is 0.350 e. The second kappa shape index (κ2) is 9.29. The van der Waals surface area contributed by atoms with Crippen LogP contribution in [-0.4, -0.2) is 57.7 Å². The van der Waals surface area contributed by atoms with E-state index in [2.05, 4.69) is 6.58 Å². The van der Waals surface area contributed by atoms with E-state index >= 15 is 0 Å². The average molecular weight is 318 g/mol. The van der Waals surface area contributed by atoms with E-state index in [0.29, 0.717) is 0 Å². The van der Waals surface area contributed by atoms with E-state index in [1.807, 2.05) is 0 Å². The molecule has 0 radical (unpaired) electrons. The summed E-state index contributed by atoms with van der Waals surface area (Å²) in [6.45, 7) is 5.85. The highest BCUT2D eigenvalue weighted by molar-refractivity contribution is 5.99. The van der Waals surface area contributed by atoms with Gasteiger partial charge in [-0.2, -0.15) is 0 Å². The van der Waals surface area contributed by atoms with Crippen molar-refractivity contribution < 1.29 is 38.1 Å². The molecule has 0 saturated carbocycles. The van der Waals surface area contributed by atoms with Gasteiger partial charge >= 0.3 is 17.9 Å². The highest BCUT2D eigenvalue weighted by Gasteiger charge is 2.41. The lowest BCUT2D eigenvalue weighted by Gasteiger charge is -2.28. The van der Waals surface area contributed by atoms with Crippen molar-refractivity contribution >= 4 is 17.7 Å². The predicted octanol–water partition coefficient (Wildman–Crippen LogP) is 0.590. The van der Waals surface area contributed by atoms with Crippen molar-refractivity contribution in [2.75, 3.05) is 27.9 Å². The van der Waals surface area contributed by atoms with Gasteiger partial charge in [-0.1, -0.05) is 6.58 Å². The normalized spacial score (nSPS) is 12.4. The Morgan fingerprint density at radius 1 is 1.00 bits per heavy atom. The molecule has 0 aromatic rings. The number of methoxy groups -OCH3 is 3. The molecular weight excluding hydrogens is 296 g/mol. The molecule has 0 spiro atoms. The lowest BCUT2D eigenvalue weighted by Crippen LogP contribution is -2.45. The number of Topliss-reactive ketones (excluding diaryl/α,β-unsaturated/α-hetero) is 1. The summed E-state index contributed by atoms with van der Waals surface area (Å²) in [6, 6.07) is 0. The lowest BCUT2D eigenvalue weighted by atomic mass is 10.0. The van der Waals surface area contributed by atoms with Gasteiger partial charge in [0, 0.05) is 47.2 Å². The first-order valence-corrected chi connectivity index (χ1v) is 6.41. The maximum Gasteiger partial charge on any atom is 0.350 e. The number of hydrogen-bond acceptors (Lipinski definition) is 8. The summed E-state index contributed by atoms with van der Waals surface area (Å²) in [7, 11) is 3.71. The molecule has 0 fully saturated rings. The lowest BCUT2D eigenvalue weighted by molar-refractivity contribution is -0.323. The molecule has 0 aliphatic rings. The Balaban J connectivity index is 4.95. The standard InChI is InChI=1S/C14H22O8/c1-9(13(17)14(18-4,19-5)20-6)7-12(22-11(3)16)8-21-10(2)15/h12H,1,7-8H2,2-6H3/t12-/m1/s1. The first-order valence-electron chi connectivity index (χ1n) is 6.41. The van der Waals surface area contributed by atoms with Gasteiger partial charge in [-0.3, -0.25) is 14.4 Å². The monoisotopic (exact) mass is 318 g/mol. The summed E-state index contributed by atoms with van der Waals surface area (Å²) in [5, 5.41) is 0. The maximum absolute atomic E-state index is 12.3. The summed E-state index contributed by atoms with van der Waals surface area (Å²) in [6.07, 6.45) is -0.912. The molecule has 0 saturated heterocycles. The molecule has 0 aromatic carbocycles. The zero-order chi connectivity index (χ0) is 17.3. The Kier molecular flexibility index (Phi) is 8.54. The molecule has 0 aromatic heterocycles. The second-order valence-electron chi connectivity index (χ2n) is 4.34. The van der Waals surface area contributed by atoms with Gasteiger partial charge in [0.25, 0.3) is 0 Å². The van der Waals surface area contributed by atoms with Gasteiger partial charge in [-0.15, -0.1) is 0 Å². The molecular formula is C14H22O8. The summed E-state index contributed by atoms with van der Waals surface area (Å²) in [4.78, 5) is 34.2. The topological polar surface area (TPSA) is 97.4 Å². The highest BCUT2D eigenvalue weighted by atomic mass is 16.9. The van der Waals surface area contributed by atoms with Gasteiger partial charge in [0.05, 0.1) is 0 Å². The molecule has 0 aliphatic heterocycles. The predicted molar refractivity (Wildman–Crippen MR) is 74.7 cm³/mol. The number of ketones is 1. The van der Waals surface area contributed by atoms with Crippen LogP contribution in [0.3, 0.4) is 0 Å². The van der Waals surface area contributed by atoms with Gasteiger partial charge < -0.3 is 23.7 Å². The van der Waals surface area contributed by atoms with E-state index in [4.69, 9.17) is 23.7 Å². The molecule has 0 heterocycles. The third kappa shape index (κ3) is 5.92. The fraction of sp³-hybridized carbons (Fsp3) is 0.643. The minimum absolute atomic E-state index is 0.0314. The van der Waals surface area contributed by atoms with Gasteiger partial charge in [-0.25, -0.2) is 0 Å². The first kappa shape index (κ1) is 20.2. The van der Waals surface area contributed by atoms with E-state index in [0.717, 1.165) is 0 Å². The fourth-order valence-electron chi connectivity index (χ4n) is 1.69. The first-order chi connectivity index (χ1) is 10.2. The van der Waals surface area contributed by atoms with Gasteiger partial charge in [0.1, 0.15) is 12.7 Å². The Bertz CT molecular complexity index is 416. The summed E-state index contributed by atoms with van der Waals surface area (Å²) < 4.78 is 24.6. The van der Waals surface area contributed by atoms with Crippen LogP contribution in [0.25, 0.3) is 0 Å². The number of hydrogen-bond donors (Lipinski definition) is 0. The van der Waals surface area contributed by atoms with Gasteiger partial charge in [0.15, 0.2) is 0 Å². The SMILES string of the molecule is C=C(C[C@H](COC(C)=O)OC(C)=O)C(=O)C(OC)(OC)OC. The molecule has 8 heteroatoms.